The van der Waals surface area contributed by atoms with E-state index in [1.807, 2.05) is 6.20 Å². The molecule has 1 unspecified atom stereocenters. The van der Waals surface area contributed by atoms with Crippen LogP contribution in [0.4, 0.5) is 0 Å². The van der Waals surface area contributed by atoms with Crippen LogP contribution in [0.3, 0.4) is 0 Å². The van der Waals surface area contributed by atoms with Crippen molar-refractivity contribution in [1.82, 2.24) is 9.97 Å². The third kappa shape index (κ3) is 2.09. The van der Waals surface area contributed by atoms with Crippen LogP contribution >= 0.6 is 0 Å². The Morgan fingerprint density at radius 1 is 1.67 bits per heavy atom. The van der Waals surface area contributed by atoms with Gasteiger partial charge < -0.3 is 4.98 Å². The molecule has 0 radical (unpaired) electrons. The highest BCUT2D eigenvalue weighted by Gasteiger charge is 2.13. The standard InChI is InChI=1S/C9H13N3/c1-7(2)8(4-10)3-9-5-11-6-12-9/h5-8H,3H2,1-2H3,(H,11,12). The number of aromatic nitrogens is 2. The van der Waals surface area contributed by atoms with Gasteiger partial charge in [-0.3, -0.25) is 0 Å². The van der Waals surface area contributed by atoms with Crippen LogP contribution in [0.1, 0.15) is 19.5 Å². The highest BCUT2D eigenvalue weighted by molar-refractivity contribution is 5.01. The molecule has 12 heavy (non-hydrogen) atoms. The third-order valence-corrected chi connectivity index (χ3v) is 1.95. The third-order valence-electron chi connectivity index (χ3n) is 1.95. The largest absolute Gasteiger partial charge is 0.351 e. The summed E-state index contributed by atoms with van der Waals surface area (Å²) in [6.45, 7) is 4.11. The van der Waals surface area contributed by atoms with Crippen molar-refractivity contribution >= 4 is 0 Å². The van der Waals surface area contributed by atoms with E-state index in [-0.39, 0.29) is 5.92 Å². The van der Waals surface area contributed by atoms with Gasteiger partial charge in [0.05, 0.1) is 24.0 Å². The predicted octanol–water partition coefficient (Wildman–Crippen LogP) is 1.75. The predicted molar refractivity (Wildman–Crippen MR) is 46.2 cm³/mol. The first-order valence-electron chi connectivity index (χ1n) is 4.11. The Labute approximate surface area is 72.4 Å². The van der Waals surface area contributed by atoms with Gasteiger partial charge in [-0.1, -0.05) is 13.8 Å². The van der Waals surface area contributed by atoms with Gasteiger partial charge in [-0.2, -0.15) is 5.26 Å². The average molecular weight is 163 g/mol. The van der Waals surface area contributed by atoms with Crippen LogP contribution in [0.25, 0.3) is 0 Å². The molecule has 1 aromatic rings. The van der Waals surface area contributed by atoms with Crippen molar-refractivity contribution in [3.05, 3.63) is 18.2 Å². The molecule has 1 heterocycles. The van der Waals surface area contributed by atoms with Crippen LogP contribution in [0.15, 0.2) is 12.5 Å². The summed E-state index contributed by atoms with van der Waals surface area (Å²) in [7, 11) is 0. The normalized spacial score (nSPS) is 12.8. The summed E-state index contributed by atoms with van der Waals surface area (Å²) in [4.78, 5) is 6.96. The Morgan fingerprint density at radius 3 is 2.83 bits per heavy atom. The van der Waals surface area contributed by atoms with Crippen LogP contribution in [0, 0.1) is 23.2 Å². The molecule has 3 nitrogen and oxygen atoms in total. The molecule has 0 aliphatic heterocycles. The molecule has 1 aromatic heterocycles. The van der Waals surface area contributed by atoms with Gasteiger partial charge in [-0.25, -0.2) is 4.98 Å². The molecular weight excluding hydrogens is 150 g/mol. The molecule has 0 saturated carbocycles. The Balaban J connectivity index is 2.56. The molecule has 0 aromatic carbocycles. The van der Waals surface area contributed by atoms with E-state index in [0.717, 1.165) is 12.1 Å². The molecular formula is C9H13N3. The van der Waals surface area contributed by atoms with Gasteiger partial charge in [0.25, 0.3) is 0 Å². The molecule has 1 rings (SSSR count). The quantitative estimate of drug-likeness (QED) is 0.738. The molecule has 0 aliphatic carbocycles. The van der Waals surface area contributed by atoms with E-state index < -0.39 is 0 Å². The van der Waals surface area contributed by atoms with Crippen molar-refractivity contribution in [2.45, 2.75) is 20.3 Å². The first-order valence-corrected chi connectivity index (χ1v) is 4.11. The SMILES string of the molecule is CC(C)C(C#N)Cc1c[nH]cn1. The second kappa shape index (κ2) is 3.91. The number of hydrogen-bond acceptors (Lipinski definition) is 2. The maximum absolute atomic E-state index is 8.81. The summed E-state index contributed by atoms with van der Waals surface area (Å²) in [6.07, 6.45) is 4.23. The van der Waals surface area contributed by atoms with Crippen molar-refractivity contribution in [2.24, 2.45) is 11.8 Å². The number of imidazole rings is 1. The van der Waals surface area contributed by atoms with Gasteiger partial charge >= 0.3 is 0 Å². The van der Waals surface area contributed by atoms with Crippen molar-refractivity contribution in [2.75, 3.05) is 0 Å². The fourth-order valence-electron chi connectivity index (χ4n) is 1.06. The van der Waals surface area contributed by atoms with Crippen LogP contribution in [0.2, 0.25) is 0 Å². The number of hydrogen-bond donors (Lipinski definition) is 1. The number of aromatic amines is 1. The van der Waals surface area contributed by atoms with E-state index in [1.54, 1.807) is 6.33 Å². The summed E-state index contributed by atoms with van der Waals surface area (Å²) in [5.74, 6) is 0.472. The lowest BCUT2D eigenvalue weighted by molar-refractivity contribution is 0.470. The Morgan fingerprint density at radius 2 is 2.42 bits per heavy atom. The van der Waals surface area contributed by atoms with Crippen LogP contribution in [-0.2, 0) is 6.42 Å². The van der Waals surface area contributed by atoms with Crippen LogP contribution < -0.4 is 0 Å². The zero-order valence-electron chi connectivity index (χ0n) is 7.41. The molecule has 64 valence electrons. The van der Waals surface area contributed by atoms with Gasteiger partial charge in [0.1, 0.15) is 0 Å². The van der Waals surface area contributed by atoms with E-state index in [9.17, 15) is 0 Å². The fourth-order valence-corrected chi connectivity index (χ4v) is 1.06. The minimum atomic E-state index is 0.0771. The molecule has 0 fully saturated rings. The van der Waals surface area contributed by atoms with E-state index in [2.05, 4.69) is 29.9 Å². The number of nitriles is 1. The second-order valence-corrected chi connectivity index (χ2v) is 3.24. The van der Waals surface area contributed by atoms with Crippen molar-refractivity contribution in [3.8, 4) is 6.07 Å². The monoisotopic (exact) mass is 163 g/mol. The molecule has 0 amide bonds. The molecule has 3 heteroatoms. The van der Waals surface area contributed by atoms with Crippen molar-refractivity contribution in [1.29, 1.82) is 5.26 Å². The molecule has 0 bridgehead atoms. The summed E-state index contributed by atoms with van der Waals surface area (Å²) in [6, 6.07) is 2.29. The lowest BCUT2D eigenvalue weighted by atomic mass is 9.93. The van der Waals surface area contributed by atoms with E-state index in [1.165, 1.54) is 0 Å². The number of nitrogens with zero attached hydrogens (tertiary/aromatic N) is 2. The molecule has 0 saturated heterocycles. The summed E-state index contributed by atoms with van der Waals surface area (Å²) in [5, 5.41) is 8.81. The Bertz CT molecular complexity index is 256. The smallest absolute Gasteiger partial charge is 0.0923 e. The van der Waals surface area contributed by atoms with Gasteiger partial charge in [-0.15, -0.1) is 0 Å². The number of nitrogens with one attached hydrogen (secondary N) is 1. The highest BCUT2D eigenvalue weighted by Crippen LogP contribution is 2.14. The first kappa shape index (κ1) is 8.79. The van der Waals surface area contributed by atoms with Gasteiger partial charge in [0.2, 0.25) is 0 Å². The van der Waals surface area contributed by atoms with Crippen molar-refractivity contribution < 1.29 is 0 Å². The lowest BCUT2D eigenvalue weighted by Crippen LogP contribution is -2.09. The minimum absolute atomic E-state index is 0.0771. The summed E-state index contributed by atoms with van der Waals surface area (Å²) < 4.78 is 0. The van der Waals surface area contributed by atoms with Crippen LogP contribution in [0.5, 0.6) is 0 Å². The topological polar surface area (TPSA) is 52.5 Å². The van der Waals surface area contributed by atoms with Gasteiger partial charge in [0.15, 0.2) is 0 Å². The number of H-pyrrole nitrogens is 1. The second-order valence-electron chi connectivity index (χ2n) is 3.24. The molecule has 0 aliphatic rings. The molecule has 0 spiro atoms. The minimum Gasteiger partial charge on any atom is -0.351 e. The Kier molecular flexibility index (Phi) is 2.87. The van der Waals surface area contributed by atoms with E-state index >= 15 is 0 Å². The van der Waals surface area contributed by atoms with E-state index in [4.69, 9.17) is 5.26 Å². The lowest BCUT2D eigenvalue weighted by Gasteiger charge is -2.09. The molecule has 1 atom stereocenters. The zero-order chi connectivity index (χ0) is 8.97. The maximum atomic E-state index is 8.81. The molecule has 1 N–H and O–H groups in total. The summed E-state index contributed by atoms with van der Waals surface area (Å²) in [5.41, 5.74) is 0.968. The fraction of sp³-hybridized carbons (Fsp3) is 0.556. The highest BCUT2D eigenvalue weighted by atomic mass is 14.9. The number of rotatable bonds is 3. The maximum Gasteiger partial charge on any atom is 0.0923 e. The van der Waals surface area contributed by atoms with E-state index in [0.29, 0.717) is 5.92 Å². The zero-order valence-corrected chi connectivity index (χ0v) is 7.41. The first-order chi connectivity index (χ1) is 5.74. The summed E-state index contributed by atoms with van der Waals surface area (Å²) >= 11 is 0. The van der Waals surface area contributed by atoms with Crippen LogP contribution in [-0.4, -0.2) is 9.97 Å². The Hall–Kier alpha value is -1.30. The average Bonchev–Trinajstić information content (AvgIpc) is 2.51. The van der Waals surface area contributed by atoms with Crippen molar-refractivity contribution in [3.63, 3.8) is 0 Å². The van der Waals surface area contributed by atoms with Gasteiger partial charge in [-0.05, 0) is 5.92 Å². The van der Waals surface area contributed by atoms with Gasteiger partial charge in [0, 0.05) is 12.6 Å².